The number of hydrogen-bond acceptors (Lipinski definition) is 6. The summed E-state index contributed by atoms with van der Waals surface area (Å²) < 4.78 is 36.4. The van der Waals surface area contributed by atoms with Gasteiger partial charge in [-0.2, -0.15) is 0 Å². The van der Waals surface area contributed by atoms with Crippen LogP contribution >= 0.6 is 34.8 Å². The van der Waals surface area contributed by atoms with Gasteiger partial charge in [0.2, 0.25) is 9.84 Å². The van der Waals surface area contributed by atoms with Crippen molar-refractivity contribution in [2.45, 2.75) is 22.3 Å². The number of alkyl halides is 1. The summed E-state index contributed by atoms with van der Waals surface area (Å²) in [5.41, 5.74) is 0. The molecule has 6 nitrogen and oxygen atoms in total. The highest BCUT2D eigenvalue weighted by Crippen LogP contribution is 2.37. The Hall–Kier alpha value is -1.22. The summed E-state index contributed by atoms with van der Waals surface area (Å²) in [5.74, 6) is 0.976. The third-order valence-electron chi connectivity index (χ3n) is 3.59. The number of ether oxygens (including phenoxy) is 2. The van der Waals surface area contributed by atoms with Crippen LogP contribution in [-0.2, 0) is 9.84 Å². The summed E-state index contributed by atoms with van der Waals surface area (Å²) >= 11 is 17.9. The Kier molecular flexibility index (Phi) is 8.67. The maximum absolute atomic E-state index is 12.8. The van der Waals surface area contributed by atoms with Gasteiger partial charge in [-0.3, -0.25) is 0 Å². The van der Waals surface area contributed by atoms with Gasteiger partial charge in [-0.1, -0.05) is 23.2 Å². The summed E-state index contributed by atoms with van der Waals surface area (Å²) in [5, 5.41) is 18.2. The highest BCUT2D eigenvalue weighted by molar-refractivity contribution is 7.91. The molecule has 0 radical (unpaired) electrons. The molecule has 28 heavy (non-hydrogen) atoms. The lowest BCUT2D eigenvalue weighted by Crippen LogP contribution is -2.21. The first kappa shape index (κ1) is 23.1. The Morgan fingerprint density at radius 1 is 1.00 bits per heavy atom. The fourth-order valence-electron chi connectivity index (χ4n) is 2.15. The van der Waals surface area contributed by atoms with E-state index >= 15 is 0 Å². The topological polar surface area (TPSA) is 93.1 Å². The monoisotopic (exact) mass is 468 g/mol. The molecule has 2 aromatic rings. The van der Waals surface area contributed by atoms with E-state index in [1.165, 1.54) is 36.4 Å². The maximum atomic E-state index is 12.8. The van der Waals surface area contributed by atoms with Crippen LogP contribution in [0.2, 0.25) is 10.0 Å². The Bertz CT molecular complexity index is 864. The Balaban J connectivity index is 2.22. The Morgan fingerprint density at radius 3 is 2.14 bits per heavy atom. The van der Waals surface area contributed by atoms with Crippen LogP contribution in [0.4, 0.5) is 0 Å². The van der Waals surface area contributed by atoms with Gasteiger partial charge in [0.1, 0.15) is 18.5 Å². The van der Waals surface area contributed by atoms with Crippen molar-refractivity contribution in [2.75, 3.05) is 25.7 Å². The van der Waals surface area contributed by atoms with E-state index in [9.17, 15) is 13.5 Å². The van der Waals surface area contributed by atoms with E-state index in [1.54, 1.807) is 0 Å². The molecule has 0 bridgehead atoms. The van der Waals surface area contributed by atoms with Crippen molar-refractivity contribution in [1.82, 2.24) is 0 Å². The lowest BCUT2D eigenvalue weighted by Gasteiger charge is -2.13. The summed E-state index contributed by atoms with van der Waals surface area (Å²) in [4.78, 5) is -0.0536. The van der Waals surface area contributed by atoms with Crippen LogP contribution in [0.25, 0.3) is 0 Å². The highest BCUT2D eigenvalue weighted by atomic mass is 35.5. The molecule has 0 aromatic heterocycles. The average molecular weight is 470 g/mol. The fraction of sp³-hybridized carbons (Fsp3) is 0.333. The van der Waals surface area contributed by atoms with Crippen molar-refractivity contribution in [1.29, 1.82) is 0 Å². The minimum absolute atomic E-state index is 0.0190. The second-order valence-corrected chi connectivity index (χ2v) is 8.87. The molecule has 0 spiro atoms. The van der Waals surface area contributed by atoms with Gasteiger partial charge in [-0.15, -0.1) is 11.6 Å². The van der Waals surface area contributed by atoms with E-state index in [4.69, 9.17) is 49.4 Å². The average Bonchev–Trinajstić information content (AvgIpc) is 2.68. The molecular weight excluding hydrogens is 451 g/mol. The fourth-order valence-corrected chi connectivity index (χ4v) is 4.30. The van der Waals surface area contributed by atoms with Crippen molar-refractivity contribution < 1.29 is 28.1 Å². The Labute approximate surface area is 178 Å². The molecule has 2 rings (SSSR count). The number of benzene rings is 2. The van der Waals surface area contributed by atoms with Gasteiger partial charge in [-0.25, -0.2) is 8.42 Å². The maximum Gasteiger partial charge on any atom is 0.206 e. The zero-order chi connectivity index (χ0) is 20.7. The number of rotatable bonds is 10. The number of hydrogen-bond donors (Lipinski definition) is 2. The molecule has 2 N–H and O–H groups in total. The van der Waals surface area contributed by atoms with E-state index < -0.39 is 22.5 Å². The first-order valence-corrected chi connectivity index (χ1v) is 11.0. The predicted octanol–water partition coefficient (Wildman–Crippen LogP) is 3.57. The minimum Gasteiger partial charge on any atom is -0.491 e. The van der Waals surface area contributed by atoms with Crippen molar-refractivity contribution in [3.63, 3.8) is 0 Å². The van der Waals surface area contributed by atoms with E-state index in [0.717, 1.165) is 0 Å². The third-order valence-corrected chi connectivity index (χ3v) is 6.17. The van der Waals surface area contributed by atoms with Crippen molar-refractivity contribution >= 4 is 44.6 Å². The van der Waals surface area contributed by atoms with Crippen molar-refractivity contribution in [2.24, 2.45) is 0 Å². The molecule has 0 heterocycles. The number of halogens is 3. The largest absolute Gasteiger partial charge is 0.491 e. The first-order valence-electron chi connectivity index (χ1n) is 8.24. The lowest BCUT2D eigenvalue weighted by atomic mass is 10.3. The van der Waals surface area contributed by atoms with Gasteiger partial charge in [0.05, 0.1) is 33.0 Å². The molecule has 0 fully saturated rings. The van der Waals surface area contributed by atoms with E-state index in [2.05, 4.69) is 0 Å². The molecule has 0 aliphatic heterocycles. The van der Waals surface area contributed by atoms with E-state index in [0.29, 0.717) is 24.7 Å². The lowest BCUT2D eigenvalue weighted by molar-refractivity contribution is 0.0536. The molecule has 0 aliphatic carbocycles. The summed E-state index contributed by atoms with van der Waals surface area (Å²) in [7, 11) is -3.87. The van der Waals surface area contributed by atoms with Crippen LogP contribution in [0.1, 0.15) is 6.42 Å². The SMILES string of the molecule is O=S(=O)(c1ccc(OCC(O)CO)cc1)c1cc(Cl)c(OCCCCl)c(Cl)c1. The van der Waals surface area contributed by atoms with Crippen LogP contribution in [0.15, 0.2) is 46.2 Å². The van der Waals surface area contributed by atoms with E-state index in [1.807, 2.05) is 0 Å². The van der Waals surface area contributed by atoms with Crippen molar-refractivity contribution in [3.05, 3.63) is 46.4 Å². The van der Waals surface area contributed by atoms with Crippen LogP contribution < -0.4 is 9.47 Å². The molecule has 0 saturated carbocycles. The number of sulfone groups is 1. The molecule has 154 valence electrons. The van der Waals surface area contributed by atoms with Crippen molar-refractivity contribution in [3.8, 4) is 11.5 Å². The molecule has 1 unspecified atom stereocenters. The van der Waals surface area contributed by atoms with Gasteiger partial charge in [-0.05, 0) is 42.8 Å². The van der Waals surface area contributed by atoms with Crippen LogP contribution in [0.3, 0.4) is 0 Å². The van der Waals surface area contributed by atoms with E-state index in [-0.39, 0.29) is 32.2 Å². The second-order valence-electron chi connectivity index (χ2n) is 5.73. The summed E-state index contributed by atoms with van der Waals surface area (Å²) in [6.07, 6.45) is -0.421. The smallest absolute Gasteiger partial charge is 0.206 e. The molecule has 0 amide bonds. The molecule has 0 aliphatic rings. The van der Waals surface area contributed by atoms with Crippen LogP contribution in [0, 0.1) is 0 Å². The molecule has 1 atom stereocenters. The summed E-state index contributed by atoms with van der Waals surface area (Å²) in [6.45, 7) is -0.236. The zero-order valence-corrected chi connectivity index (χ0v) is 17.7. The van der Waals surface area contributed by atoms with Gasteiger partial charge in [0, 0.05) is 5.88 Å². The summed E-state index contributed by atoms with van der Waals surface area (Å²) in [6, 6.07) is 8.18. The third kappa shape index (κ3) is 5.89. The molecular formula is C18H19Cl3O6S. The van der Waals surface area contributed by atoms with Crippen LogP contribution in [0.5, 0.6) is 11.5 Å². The van der Waals surface area contributed by atoms with Crippen LogP contribution in [-0.4, -0.2) is 50.4 Å². The first-order chi connectivity index (χ1) is 13.3. The molecule has 10 heteroatoms. The number of aliphatic hydroxyl groups excluding tert-OH is 2. The second kappa shape index (κ2) is 10.5. The molecule has 0 saturated heterocycles. The Morgan fingerprint density at radius 2 is 1.61 bits per heavy atom. The normalized spacial score (nSPS) is 12.6. The standard InChI is InChI=1S/C18H19Cl3O6S/c19-6-1-7-26-18-16(20)8-15(9-17(18)21)28(24,25)14-4-2-13(3-5-14)27-11-12(23)10-22/h2-5,8-9,12,22-23H,1,6-7,10-11H2. The van der Waals surface area contributed by atoms with Gasteiger partial charge in [0.25, 0.3) is 0 Å². The quantitative estimate of drug-likeness (QED) is 0.408. The highest BCUT2D eigenvalue weighted by Gasteiger charge is 2.21. The zero-order valence-electron chi connectivity index (χ0n) is 14.6. The van der Waals surface area contributed by atoms with Gasteiger partial charge < -0.3 is 19.7 Å². The number of aliphatic hydroxyl groups is 2. The molecule has 2 aromatic carbocycles. The predicted molar refractivity (Wildman–Crippen MR) is 108 cm³/mol. The minimum atomic E-state index is -3.87. The van der Waals surface area contributed by atoms with Gasteiger partial charge in [0.15, 0.2) is 5.75 Å². The van der Waals surface area contributed by atoms with Gasteiger partial charge >= 0.3 is 0 Å².